The van der Waals surface area contributed by atoms with Crippen molar-refractivity contribution in [3.8, 4) is 0 Å². The number of hydrogen-bond acceptors (Lipinski definition) is 5. The minimum absolute atomic E-state index is 0.199. The molecule has 1 amide bonds. The van der Waals surface area contributed by atoms with Crippen LogP contribution in [-0.2, 0) is 9.53 Å². The lowest BCUT2D eigenvalue weighted by Crippen LogP contribution is -2.34. The normalized spacial score (nSPS) is 10.6. The van der Waals surface area contributed by atoms with Gasteiger partial charge in [-0.1, -0.05) is 0 Å². The zero-order valence-electron chi connectivity index (χ0n) is 13.9. The van der Waals surface area contributed by atoms with Gasteiger partial charge in [0.25, 0.3) is 5.91 Å². The van der Waals surface area contributed by atoms with Crippen LogP contribution >= 0.6 is 0 Å². The van der Waals surface area contributed by atoms with Crippen LogP contribution in [0.2, 0.25) is 0 Å². The van der Waals surface area contributed by atoms with Crippen molar-refractivity contribution in [1.29, 1.82) is 0 Å². The van der Waals surface area contributed by atoms with E-state index in [1.54, 1.807) is 23.1 Å². The molecule has 23 heavy (non-hydrogen) atoms. The molecule has 0 fully saturated rings. The lowest BCUT2D eigenvalue weighted by molar-refractivity contribution is -0.134. The Morgan fingerprint density at radius 1 is 1.04 bits per heavy atom. The highest BCUT2D eigenvalue weighted by Gasteiger charge is 2.15. The van der Waals surface area contributed by atoms with Crippen LogP contribution in [0.3, 0.4) is 0 Å². The predicted molar refractivity (Wildman–Crippen MR) is 87.2 cm³/mol. The Balaban J connectivity index is 2.12. The number of benzene rings is 1. The summed E-state index contributed by atoms with van der Waals surface area (Å²) in [5.74, 6) is -0.733. The Bertz CT molecular complexity index is 739. The van der Waals surface area contributed by atoms with Crippen molar-refractivity contribution in [2.24, 2.45) is 0 Å². The van der Waals surface area contributed by atoms with E-state index in [4.69, 9.17) is 4.74 Å². The van der Waals surface area contributed by atoms with Gasteiger partial charge in [-0.3, -0.25) is 4.79 Å². The smallest absolute Gasteiger partial charge is 0.338 e. The van der Waals surface area contributed by atoms with Crippen molar-refractivity contribution in [2.75, 3.05) is 19.7 Å². The number of carbonyl (C=O) groups excluding carboxylic acids is 2. The summed E-state index contributed by atoms with van der Waals surface area (Å²) in [5.41, 5.74) is 3.40. The van der Waals surface area contributed by atoms with Crippen LogP contribution in [0.5, 0.6) is 0 Å². The zero-order chi connectivity index (χ0) is 17.0. The van der Waals surface area contributed by atoms with E-state index in [1.165, 1.54) is 0 Å². The summed E-state index contributed by atoms with van der Waals surface area (Å²) in [6, 6.07) is 5.01. The Labute approximate surface area is 135 Å². The predicted octanol–water partition coefficient (Wildman–Crippen LogP) is 2.27. The molecular weight excluding hydrogens is 294 g/mol. The van der Waals surface area contributed by atoms with Crippen molar-refractivity contribution in [3.63, 3.8) is 0 Å². The molecule has 0 N–H and O–H groups in total. The number of likely N-dealkylation sites (N-methyl/N-ethyl adjacent to an activating group) is 1. The molecule has 1 heterocycles. The average molecular weight is 315 g/mol. The highest BCUT2D eigenvalue weighted by Crippen LogP contribution is 2.15. The summed E-state index contributed by atoms with van der Waals surface area (Å²) in [7, 11) is 0. The Morgan fingerprint density at radius 2 is 1.65 bits per heavy atom. The number of nitrogens with zero attached hydrogens (tertiary/aromatic N) is 3. The third-order valence-electron chi connectivity index (χ3n) is 3.75. The Kier molecular flexibility index (Phi) is 5.26. The third-order valence-corrected chi connectivity index (χ3v) is 3.75. The number of carbonyl (C=O) groups is 2. The van der Waals surface area contributed by atoms with Crippen LogP contribution in [0.1, 0.15) is 35.6 Å². The second-order valence-electron chi connectivity index (χ2n) is 5.24. The van der Waals surface area contributed by atoms with Crippen LogP contribution in [0.25, 0.3) is 11.0 Å². The lowest BCUT2D eigenvalue weighted by Gasteiger charge is -2.18. The van der Waals surface area contributed by atoms with E-state index < -0.39 is 5.97 Å². The minimum atomic E-state index is -0.535. The van der Waals surface area contributed by atoms with E-state index in [0.29, 0.717) is 24.2 Å². The van der Waals surface area contributed by atoms with Gasteiger partial charge in [-0.05, 0) is 45.9 Å². The van der Waals surface area contributed by atoms with Gasteiger partial charge in [0.1, 0.15) is 0 Å². The van der Waals surface area contributed by atoms with E-state index in [2.05, 4.69) is 9.97 Å². The standard InChI is InChI=1S/C17H21N3O3/c1-5-20(6-2)16(21)10-23-17(22)13-7-8-14-15(9-13)19-12(4)11(3)18-14/h7-9H,5-6,10H2,1-4H3. The molecule has 0 atom stereocenters. The van der Waals surface area contributed by atoms with Gasteiger partial charge in [0, 0.05) is 13.1 Å². The quantitative estimate of drug-likeness (QED) is 0.791. The Hall–Kier alpha value is -2.50. The molecule has 1 aromatic carbocycles. The van der Waals surface area contributed by atoms with Crippen LogP contribution in [0.4, 0.5) is 0 Å². The molecule has 0 saturated carbocycles. The van der Waals surface area contributed by atoms with Crippen molar-refractivity contribution in [3.05, 3.63) is 35.2 Å². The van der Waals surface area contributed by atoms with Crippen molar-refractivity contribution < 1.29 is 14.3 Å². The molecule has 0 aliphatic carbocycles. The molecular formula is C17H21N3O3. The van der Waals surface area contributed by atoms with E-state index in [1.807, 2.05) is 27.7 Å². The van der Waals surface area contributed by atoms with Crippen LogP contribution in [0.15, 0.2) is 18.2 Å². The first-order valence-electron chi connectivity index (χ1n) is 7.66. The first-order valence-corrected chi connectivity index (χ1v) is 7.66. The van der Waals surface area contributed by atoms with E-state index in [-0.39, 0.29) is 12.5 Å². The summed E-state index contributed by atoms with van der Waals surface area (Å²) in [6.07, 6.45) is 0. The number of aromatic nitrogens is 2. The number of fused-ring (bicyclic) bond motifs is 1. The van der Waals surface area contributed by atoms with Gasteiger partial charge in [-0.25, -0.2) is 14.8 Å². The summed E-state index contributed by atoms with van der Waals surface area (Å²) >= 11 is 0. The molecule has 0 spiro atoms. The zero-order valence-corrected chi connectivity index (χ0v) is 13.9. The molecule has 0 unspecified atom stereocenters. The molecule has 0 saturated heterocycles. The molecule has 0 radical (unpaired) electrons. The van der Waals surface area contributed by atoms with Gasteiger partial charge in [0.05, 0.1) is 28.0 Å². The summed E-state index contributed by atoms with van der Waals surface area (Å²) in [5, 5.41) is 0. The topological polar surface area (TPSA) is 72.4 Å². The number of amides is 1. The summed E-state index contributed by atoms with van der Waals surface area (Å²) in [4.78, 5) is 34.4. The molecule has 0 bridgehead atoms. The number of ether oxygens (including phenoxy) is 1. The largest absolute Gasteiger partial charge is 0.452 e. The number of rotatable bonds is 5. The molecule has 2 aromatic rings. The van der Waals surface area contributed by atoms with E-state index in [0.717, 1.165) is 16.9 Å². The molecule has 6 nitrogen and oxygen atoms in total. The van der Waals surface area contributed by atoms with Gasteiger partial charge in [0.15, 0.2) is 6.61 Å². The third kappa shape index (κ3) is 3.83. The molecule has 0 aliphatic rings. The maximum atomic E-state index is 12.1. The minimum Gasteiger partial charge on any atom is -0.452 e. The Morgan fingerprint density at radius 3 is 2.26 bits per heavy atom. The number of aryl methyl sites for hydroxylation is 2. The molecule has 6 heteroatoms. The van der Waals surface area contributed by atoms with Crippen molar-refractivity contribution in [1.82, 2.24) is 14.9 Å². The summed E-state index contributed by atoms with van der Waals surface area (Å²) < 4.78 is 5.10. The molecule has 122 valence electrons. The van der Waals surface area contributed by atoms with Gasteiger partial charge in [-0.2, -0.15) is 0 Å². The highest BCUT2D eigenvalue weighted by molar-refractivity contribution is 5.94. The van der Waals surface area contributed by atoms with E-state index >= 15 is 0 Å². The van der Waals surface area contributed by atoms with Gasteiger partial charge in [-0.15, -0.1) is 0 Å². The first kappa shape index (κ1) is 16.9. The molecule has 2 rings (SSSR count). The fraction of sp³-hybridized carbons (Fsp3) is 0.412. The number of hydrogen-bond donors (Lipinski definition) is 0. The van der Waals surface area contributed by atoms with Crippen LogP contribution in [0, 0.1) is 13.8 Å². The van der Waals surface area contributed by atoms with Crippen molar-refractivity contribution >= 4 is 22.9 Å². The molecule has 1 aromatic heterocycles. The van der Waals surface area contributed by atoms with E-state index in [9.17, 15) is 9.59 Å². The average Bonchev–Trinajstić information content (AvgIpc) is 2.54. The van der Waals surface area contributed by atoms with Gasteiger partial charge >= 0.3 is 5.97 Å². The second kappa shape index (κ2) is 7.17. The van der Waals surface area contributed by atoms with Crippen LogP contribution in [-0.4, -0.2) is 46.4 Å². The van der Waals surface area contributed by atoms with Crippen LogP contribution < -0.4 is 0 Å². The monoisotopic (exact) mass is 315 g/mol. The van der Waals surface area contributed by atoms with Crippen molar-refractivity contribution in [2.45, 2.75) is 27.7 Å². The molecule has 0 aliphatic heterocycles. The van der Waals surface area contributed by atoms with Gasteiger partial charge < -0.3 is 9.64 Å². The maximum absolute atomic E-state index is 12.1. The SMILES string of the molecule is CCN(CC)C(=O)COC(=O)c1ccc2nc(C)c(C)nc2c1. The summed E-state index contributed by atoms with van der Waals surface area (Å²) in [6.45, 7) is 8.47. The first-order chi connectivity index (χ1) is 11.0. The fourth-order valence-electron chi connectivity index (χ4n) is 2.24. The van der Waals surface area contributed by atoms with Gasteiger partial charge in [0.2, 0.25) is 0 Å². The lowest BCUT2D eigenvalue weighted by atomic mass is 10.2. The second-order valence-corrected chi connectivity index (χ2v) is 5.24. The highest BCUT2D eigenvalue weighted by atomic mass is 16.5. The maximum Gasteiger partial charge on any atom is 0.338 e. The number of esters is 1. The fourth-order valence-corrected chi connectivity index (χ4v) is 2.24.